The van der Waals surface area contributed by atoms with E-state index in [1.54, 1.807) is 18.6 Å². The first-order chi connectivity index (χ1) is 8.58. The lowest BCUT2D eigenvalue weighted by atomic mass is 10.2. The quantitative estimate of drug-likeness (QED) is 0.924. The monoisotopic (exact) mass is 266 g/mol. The highest BCUT2D eigenvalue weighted by Gasteiger charge is 2.12. The van der Waals surface area contributed by atoms with Gasteiger partial charge in [-0.25, -0.2) is 14.2 Å². The molecule has 0 spiro atoms. The summed E-state index contributed by atoms with van der Waals surface area (Å²) >= 11 is 1.50. The summed E-state index contributed by atoms with van der Waals surface area (Å²) in [5.41, 5.74) is 2.92. The summed E-state index contributed by atoms with van der Waals surface area (Å²) in [7, 11) is 1.80. The maximum atomic E-state index is 13.5. The van der Waals surface area contributed by atoms with E-state index >= 15 is 0 Å². The first-order valence-corrected chi connectivity index (χ1v) is 6.13. The number of carboxylic acids is 1. The summed E-state index contributed by atoms with van der Waals surface area (Å²) in [6.45, 7) is 0.551. The second kappa shape index (κ2) is 5.14. The van der Waals surface area contributed by atoms with Gasteiger partial charge in [-0.3, -0.25) is 0 Å². The fourth-order valence-electron chi connectivity index (χ4n) is 1.56. The van der Waals surface area contributed by atoms with Gasteiger partial charge in [-0.05, 0) is 18.2 Å². The van der Waals surface area contributed by atoms with Crippen LogP contribution in [0.5, 0.6) is 0 Å². The first-order valence-electron chi connectivity index (χ1n) is 5.19. The molecule has 2 aromatic rings. The fraction of sp³-hybridized carbons (Fsp3) is 0.167. The van der Waals surface area contributed by atoms with Crippen LogP contribution >= 0.6 is 11.3 Å². The zero-order valence-electron chi connectivity index (χ0n) is 9.63. The molecule has 0 unspecified atom stereocenters. The van der Waals surface area contributed by atoms with Crippen LogP contribution in [0.25, 0.3) is 0 Å². The lowest BCUT2D eigenvalue weighted by Gasteiger charge is -2.18. The van der Waals surface area contributed by atoms with Crippen molar-refractivity contribution in [2.24, 2.45) is 0 Å². The SMILES string of the molecule is CN(Cc1cscn1)c1ccc(C(=O)O)c(F)c1. The molecule has 0 atom stereocenters. The fourth-order valence-corrected chi connectivity index (χ4v) is 2.11. The molecule has 1 aromatic heterocycles. The minimum atomic E-state index is -1.26. The number of thiazole rings is 1. The van der Waals surface area contributed by atoms with Gasteiger partial charge in [0.25, 0.3) is 0 Å². The van der Waals surface area contributed by atoms with E-state index in [9.17, 15) is 9.18 Å². The van der Waals surface area contributed by atoms with Gasteiger partial charge in [-0.1, -0.05) is 0 Å². The molecule has 0 aliphatic heterocycles. The lowest BCUT2D eigenvalue weighted by Crippen LogP contribution is -2.17. The van der Waals surface area contributed by atoms with Gasteiger partial charge in [-0.2, -0.15) is 0 Å². The van der Waals surface area contributed by atoms with E-state index in [4.69, 9.17) is 5.11 Å². The standard InChI is InChI=1S/C12H11FN2O2S/c1-15(5-8-6-18-7-14-8)9-2-3-10(12(16)17)11(13)4-9/h2-4,6-7H,5H2,1H3,(H,16,17). The zero-order valence-corrected chi connectivity index (χ0v) is 10.4. The molecule has 0 fully saturated rings. The molecule has 1 N–H and O–H groups in total. The Bertz CT molecular complexity index is 557. The molecule has 0 bridgehead atoms. The first kappa shape index (κ1) is 12.5. The minimum absolute atomic E-state index is 0.319. The number of carboxylic acid groups (broad SMARTS) is 1. The van der Waals surface area contributed by atoms with Gasteiger partial charge in [0.15, 0.2) is 0 Å². The third-order valence-corrected chi connectivity index (χ3v) is 3.14. The number of rotatable bonds is 4. The van der Waals surface area contributed by atoms with E-state index in [2.05, 4.69) is 4.98 Å². The summed E-state index contributed by atoms with van der Waals surface area (Å²) in [4.78, 5) is 16.6. The van der Waals surface area contributed by atoms with E-state index in [0.717, 1.165) is 5.69 Å². The molecule has 0 aliphatic rings. The van der Waals surface area contributed by atoms with E-state index in [1.165, 1.54) is 23.5 Å². The van der Waals surface area contributed by atoms with Crippen molar-refractivity contribution in [3.05, 3.63) is 46.2 Å². The Balaban J connectivity index is 2.18. The zero-order chi connectivity index (χ0) is 13.1. The minimum Gasteiger partial charge on any atom is -0.478 e. The number of carbonyl (C=O) groups is 1. The van der Waals surface area contributed by atoms with Crippen LogP contribution in [0, 0.1) is 5.82 Å². The Morgan fingerprint density at radius 1 is 1.56 bits per heavy atom. The molecule has 0 saturated carbocycles. The maximum Gasteiger partial charge on any atom is 0.338 e. The number of hydrogen-bond donors (Lipinski definition) is 1. The Morgan fingerprint density at radius 3 is 2.89 bits per heavy atom. The molecule has 4 nitrogen and oxygen atoms in total. The van der Waals surface area contributed by atoms with Gasteiger partial charge in [-0.15, -0.1) is 11.3 Å². The van der Waals surface area contributed by atoms with Crippen molar-refractivity contribution < 1.29 is 14.3 Å². The summed E-state index contributed by atoms with van der Waals surface area (Å²) in [6.07, 6.45) is 0. The number of aromatic carboxylic acids is 1. The summed E-state index contributed by atoms with van der Waals surface area (Å²) in [5, 5.41) is 10.7. The highest BCUT2D eigenvalue weighted by Crippen LogP contribution is 2.19. The smallest absolute Gasteiger partial charge is 0.338 e. The number of hydrogen-bond acceptors (Lipinski definition) is 4. The maximum absolute atomic E-state index is 13.5. The summed E-state index contributed by atoms with van der Waals surface area (Å²) in [6, 6.07) is 4.07. The van der Waals surface area contributed by atoms with Gasteiger partial charge < -0.3 is 10.0 Å². The van der Waals surface area contributed by atoms with Crippen molar-refractivity contribution in [1.29, 1.82) is 0 Å². The third kappa shape index (κ3) is 2.65. The van der Waals surface area contributed by atoms with Gasteiger partial charge >= 0.3 is 5.97 Å². The number of nitrogens with zero attached hydrogens (tertiary/aromatic N) is 2. The number of benzene rings is 1. The van der Waals surface area contributed by atoms with Crippen LogP contribution in [0.4, 0.5) is 10.1 Å². The highest BCUT2D eigenvalue weighted by atomic mass is 32.1. The van der Waals surface area contributed by atoms with Crippen LogP contribution < -0.4 is 4.90 Å². The number of anilines is 1. The molecule has 1 heterocycles. The van der Waals surface area contributed by atoms with Crippen LogP contribution in [-0.4, -0.2) is 23.1 Å². The Kier molecular flexibility index (Phi) is 3.57. The molecule has 1 aromatic carbocycles. The van der Waals surface area contributed by atoms with Crippen LogP contribution in [-0.2, 0) is 6.54 Å². The molecule has 94 valence electrons. The lowest BCUT2D eigenvalue weighted by molar-refractivity contribution is 0.0692. The summed E-state index contributed by atoms with van der Waals surface area (Å²) < 4.78 is 13.5. The van der Waals surface area contributed by atoms with Gasteiger partial charge in [0.05, 0.1) is 23.3 Å². The average molecular weight is 266 g/mol. The van der Waals surface area contributed by atoms with Gasteiger partial charge in [0.2, 0.25) is 0 Å². The second-order valence-corrected chi connectivity index (χ2v) is 4.52. The molecular formula is C12H11FN2O2S. The van der Waals surface area contributed by atoms with Crippen molar-refractivity contribution in [2.75, 3.05) is 11.9 Å². The average Bonchev–Trinajstić information content (AvgIpc) is 2.81. The highest BCUT2D eigenvalue weighted by molar-refractivity contribution is 7.07. The van der Waals surface area contributed by atoms with E-state index in [0.29, 0.717) is 12.2 Å². The van der Waals surface area contributed by atoms with Crippen LogP contribution in [0.15, 0.2) is 29.1 Å². The normalized spacial score (nSPS) is 10.3. The molecule has 0 saturated heterocycles. The van der Waals surface area contributed by atoms with Crippen LogP contribution in [0.3, 0.4) is 0 Å². The van der Waals surface area contributed by atoms with E-state index < -0.39 is 11.8 Å². The molecule has 6 heteroatoms. The topological polar surface area (TPSA) is 53.4 Å². The predicted octanol–water partition coefficient (Wildman–Crippen LogP) is 2.62. The largest absolute Gasteiger partial charge is 0.478 e. The van der Waals surface area contributed by atoms with Crippen LogP contribution in [0.2, 0.25) is 0 Å². The molecule has 2 rings (SSSR count). The molecule has 0 amide bonds. The van der Waals surface area contributed by atoms with E-state index in [1.807, 2.05) is 10.3 Å². The summed E-state index contributed by atoms with van der Waals surface area (Å²) in [5.74, 6) is -1.99. The van der Waals surface area contributed by atoms with Crippen molar-refractivity contribution in [1.82, 2.24) is 4.98 Å². The molecule has 18 heavy (non-hydrogen) atoms. The third-order valence-electron chi connectivity index (χ3n) is 2.51. The van der Waals surface area contributed by atoms with Gasteiger partial charge in [0.1, 0.15) is 5.82 Å². The molecular weight excluding hydrogens is 255 g/mol. The Hall–Kier alpha value is -1.95. The Labute approximate surface area is 107 Å². The molecule has 0 aliphatic carbocycles. The second-order valence-electron chi connectivity index (χ2n) is 3.81. The van der Waals surface area contributed by atoms with Crippen molar-refractivity contribution >= 4 is 23.0 Å². The van der Waals surface area contributed by atoms with Crippen molar-refractivity contribution in [3.8, 4) is 0 Å². The van der Waals surface area contributed by atoms with Crippen LogP contribution in [0.1, 0.15) is 16.1 Å². The number of halogens is 1. The van der Waals surface area contributed by atoms with Crippen molar-refractivity contribution in [3.63, 3.8) is 0 Å². The molecule has 0 radical (unpaired) electrons. The van der Waals surface area contributed by atoms with E-state index in [-0.39, 0.29) is 5.56 Å². The van der Waals surface area contributed by atoms with Gasteiger partial charge in [0, 0.05) is 18.1 Å². The Morgan fingerprint density at radius 2 is 2.33 bits per heavy atom. The number of aromatic nitrogens is 1. The van der Waals surface area contributed by atoms with Crippen molar-refractivity contribution in [2.45, 2.75) is 6.54 Å². The predicted molar refractivity (Wildman–Crippen MR) is 67.6 cm³/mol.